The zero-order valence-electron chi connectivity index (χ0n) is 10.9. The fraction of sp³-hybridized carbons (Fsp3) is 0.917. The monoisotopic (exact) mass is 199 g/mol. The highest BCUT2D eigenvalue weighted by Crippen LogP contribution is 2.34. The summed E-state index contributed by atoms with van der Waals surface area (Å²) in [7, 11) is 1.90. The molecular weight excluding hydrogens is 174 g/mol. The van der Waals surface area contributed by atoms with Crippen LogP contribution < -0.4 is 0 Å². The molecule has 0 unspecified atom stereocenters. The summed E-state index contributed by atoms with van der Waals surface area (Å²) in [6, 6.07) is 0. The van der Waals surface area contributed by atoms with Crippen molar-refractivity contribution >= 4 is 5.91 Å². The topological polar surface area (TPSA) is 20.3 Å². The van der Waals surface area contributed by atoms with Gasteiger partial charge in [-0.05, 0) is 19.3 Å². The van der Waals surface area contributed by atoms with Gasteiger partial charge < -0.3 is 4.90 Å². The van der Waals surface area contributed by atoms with Crippen LogP contribution in [-0.2, 0) is 4.79 Å². The Hall–Kier alpha value is -0.530. The van der Waals surface area contributed by atoms with E-state index in [2.05, 4.69) is 34.6 Å². The van der Waals surface area contributed by atoms with E-state index in [0.717, 1.165) is 0 Å². The number of carbonyl (C=O) groups is 1. The van der Waals surface area contributed by atoms with Crippen LogP contribution in [0.1, 0.15) is 48.5 Å². The Bertz CT molecular complexity index is 211. The molecule has 0 heterocycles. The van der Waals surface area contributed by atoms with Gasteiger partial charge in [0.25, 0.3) is 0 Å². The first-order chi connectivity index (χ1) is 6.01. The summed E-state index contributed by atoms with van der Waals surface area (Å²) in [5.41, 5.74) is -0.0271. The van der Waals surface area contributed by atoms with Gasteiger partial charge in [-0.3, -0.25) is 4.79 Å². The quantitative estimate of drug-likeness (QED) is 0.669. The van der Waals surface area contributed by atoms with Gasteiger partial charge in [-0.15, -0.1) is 0 Å². The van der Waals surface area contributed by atoms with Crippen molar-refractivity contribution in [1.29, 1.82) is 0 Å². The Balaban J connectivity index is 4.85. The lowest BCUT2D eigenvalue weighted by molar-refractivity contribution is -0.141. The van der Waals surface area contributed by atoms with E-state index in [0.29, 0.717) is 0 Å². The second-order valence-corrected chi connectivity index (χ2v) is 5.86. The molecule has 0 fully saturated rings. The van der Waals surface area contributed by atoms with Gasteiger partial charge in [0.1, 0.15) is 0 Å². The molecule has 1 amide bonds. The molecule has 0 spiro atoms. The molecule has 0 aromatic heterocycles. The highest BCUT2D eigenvalue weighted by atomic mass is 16.2. The van der Waals surface area contributed by atoms with E-state index in [4.69, 9.17) is 0 Å². The highest BCUT2D eigenvalue weighted by Gasteiger charge is 2.39. The largest absolute Gasteiger partial charge is 0.340 e. The summed E-state index contributed by atoms with van der Waals surface area (Å²) in [6.07, 6.45) is 0. The molecule has 2 nitrogen and oxygen atoms in total. The molecule has 0 aliphatic carbocycles. The van der Waals surface area contributed by atoms with Crippen LogP contribution in [0.5, 0.6) is 0 Å². The number of hydrogen-bond donors (Lipinski definition) is 0. The van der Waals surface area contributed by atoms with Crippen molar-refractivity contribution in [1.82, 2.24) is 4.90 Å². The van der Waals surface area contributed by atoms with Crippen molar-refractivity contribution in [2.45, 2.75) is 54.0 Å². The fourth-order valence-electron chi connectivity index (χ4n) is 1.17. The average molecular weight is 199 g/mol. The van der Waals surface area contributed by atoms with Crippen molar-refractivity contribution in [2.75, 3.05) is 7.05 Å². The van der Waals surface area contributed by atoms with E-state index in [9.17, 15) is 4.79 Å². The van der Waals surface area contributed by atoms with Gasteiger partial charge in [0.05, 0.1) is 0 Å². The van der Waals surface area contributed by atoms with Crippen molar-refractivity contribution in [2.24, 2.45) is 11.3 Å². The molecule has 14 heavy (non-hydrogen) atoms. The predicted octanol–water partition coefficient (Wildman–Crippen LogP) is 2.93. The molecule has 0 aliphatic rings. The first kappa shape index (κ1) is 13.5. The normalized spacial score (nSPS) is 13.2. The summed E-state index contributed by atoms with van der Waals surface area (Å²) in [6.45, 7) is 14.6. The zero-order valence-corrected chi connectivity index (χ0v) is 10.9. The van der Waals surface area contributed by atoms with E-state index in [-0.39, 0.29) is 22.8 Å². The molecule has 0 bridgehead atoms. The first-order valence-corrected chi connectivity index (χ1v) is 5.29. The van der Waals surface area contributed by atoms with Crippen LogP contribution in [0.3, 0.4) is 0 Å². The summed E-state index contributed by atoms with van der Waals surface area (Å²) >= 11 is 0. The van der Waals surface area contributed by atoms with E-state index < -0.39 is 0 Å². The number of amides is 1. The molecule has 0 N–H and O–H groups in total. The van der Waals surface area contributed by atoms with Crippen molar-refractivity contribution < 1.29 is 4.79 Å². The van der Waals surface area contributed by atoms with E-state index in [1.165, 1.54) is 0 Å². The Morgan fingerprint density at radius 3 is 1.64 bits per heavy atom. The number of hydrogen-bond acceptors (Lipinski definition) is 1. The van der Waals surface area contributed by atoms with Crippen LogP contribution in [0.15, 0.2) is 0 Å². The average Bonchev–Trinajstić information content (AvgIpc) is 1.99. The lowest BCUT2D eigenvalue weighted by atomic mass is 9.75. The van der Waals surface area contributed by atoms with Crippen LogP contribution in [0.4, 0.5) is 0 Å². The molecule has 0 atom stereocenters. The van der Waals surface area contributed by atoms with E-state index in [1.54, 1.807) is 0 Å². The maximum absolute atomic E-state index is 11.9. The Kier molecular flexibility index (Phi) is 3.77. The van der Waals surface area contributed by atoms with Gasteiger partial charge >= 0.3 is 0 Å². The van der Waals surface area contributed by atoms with Crippen LogP contribution in [0.25, 0.3) is 0 Å². The van der Waals surface area contributed by atoms with Crippen LogP contribution >= 0.6 is 0 Å². The fourth-order valence-corrected chi connectivity index (χ4v) is 1.17. The smallest absolute Gasteiger partial charge is 0.225 e. The summed E-state index contributed by atoms with van der Waals surface area (Å²) in [5.74, 6) is 0.284. The highest BCUT2D eigenvalue weighted by molar-refractivity contribution is 5.78. The van der Waals surface area contributed by atoms with Crippen LogP contribution in [-0.4, -0.2) is 23.4 Å². The summed E-state index contributed by atoms with van der Waals surface area (Å²) in [4.78, 5) is 13.7. The van der Waals surface area contributed by atoms with Gasteiger partial charge in [0, 0.05) is 18.5 Å². The minimum absolute atomic E-state index is 0.0709. The molecule has 0 rings (SSSR count). The third-order valence-corrected chi connectivity index (χ3v) is 3.50. The lowest BCUT2D eigenvalue weighted by Crippen LogP contribution is -2.54. The molecule has 0 saturated carbocycles. The lowest BCUT2D eigenvalue weighted by Gasteiger charge is -2.46. The third-order valence-electron chi connectivity index (χ3n) is 3.50. The second-order valence-electron chi connectivity index (χ2n) is 5.86. The molecular formula is C12H25NO. The number of nitrogens with zero attached hydrogens (tertiary/aromatic N) is 1. The zero-order chi connectivity index (χ0) is 11.7. The van der Waals surface area contributed by atoms with Crippen molar-refractivity contribution in [3.63, 3.8) is 0 Å². The van der Waals surface area contributed by atoms with Gasteiger partial charge in [0.15, 0.2) is 0 Å². The molecule has 84 valence electrons. The van der Waals surface area contributed by atoms with Crippen molar-refractivity contribution in [3.05, 3.63) is 0 Å². The summed E-state index contributed by atoms with van der Waals surface area (Å²) in [5, 5.41) is 0. The number of rotatable bonds is 2. The SMILES string of the molecule is CC(C)C(=O)N(C)C(C)(C)C(C)(C)C. The maximum Gasteiger partial charge on any atom is 0.225 e. The van der Waals surface area contributed by atoms with Gasteiger partial charge in [-0.2, -0.15) is 0 Å². The standard InChI is InChI=1S/C12H25NO/c1-9(2)10(14)13(8)12(6,7)11(3,4)5/h9H,1-8H3. The van der Waals surface area contributed by atoms with Crippen molar-refractivity contribution in [3.8, 4) is 0 Å². The maximum atomic E-state index is 11.9. The Labute approximate surface area is 88.7 Å². The van der Waals surface area contributed by atoms with E-state index >= 15 is 0 Å². The second kappa shape index (κ2) is 3.92. The van der Waals surface area contributed by atoms with Gasteiger partial charge in [-0.25, -0.2) is 0 Å². The minimum atomic E-state index is -0.117. The molecule has 2 heteroatoms. The molecule has 0 saturated heterocycles. The molecule has 0 radical (unpaired) electrons. The molecule has 0 aromatic carbocycles. The molecule has 0 aromatic rings. The van der Waals surface area contributed by atoms with E-state index in [1.807, 2.05) is 25.8 Å². The Morgan fingerprint density at radius 2 is 1.43 bits per heavy atom. The van der Waals surface area contributed by atoms with Gasteiger partial charge in [-0.1, -0.05) is 34.6 Å². The number of carbonyl (C=O) groups excluding carboxylic acids is 1. The first-order valence-electron chi connectivity index (χ1n) is 5.29. The van der Waals surface area contributed by atoms with Gasteiger partial charge in [0.2, 0.25) is 5.91 Å². The summed E-state index contributed by atoms with van der Waals surface area (Å²) < 4.78 is 0. The van der Waals surface area contributed by atoms with Crippen LogP contribution in [0, 0.1) is 11.3 Å². The minimum Gasteiger partial charge on any atom is -0.340 e. The predicted molar refractivity (Wildman–Crippen MR) is 61.1 cm³/mol. The van der Waals surface area contributed by atoms with Crippen LogP contribution in [0.2, 0.25) is 0 Å². The third kappa shape index (κ3) is 2.49. The Morgan fingerprint density at radius 1 is 1.07 bits per heavy atom. The molecule has 0 aliphatic heterocycles.